The Balaban J connectivity index is 1.72. The van der Waals surface area contributed by atoms with Gasteiger partial charge in [-0.25, -0.2) is 4.98 Å². The lowest BCUT2D eigenvalue weighted by Crippen LogP contribution is -2.23. The normalized spacial score (nSPS) is 11.0. The minimum absolute atomic E-state index is 0.0856. The maximum Gasteiger partial charge on any atom is 0.251 e. The number of nitrogens with zero attached hydrogens (tertiary/aromatic N) is 6. The Morgan fingerprint density at radius 2 is 2.00 bits per heavy atom. The molecule has 0 fully saturated rings. The fourth-order valence-corrected chi connectivity index (χ4v) is 3.21. The molecule has 0 saturated carbocycles. The van der Waals surface area contributed by atoms with Gasteiger partial charge in [0.25, 0.3) is 5.91 Å². The molecule has 4 aromatic rings. The van der Waals surface area contributed by atoms with Crippen LogP contribution < -0.4 is 5.32 Å². The summed E-state index contributed by atoms with van der Waals surface area (Å²) in [4.78, 5) is 21.2. The summed E-state index contributed by atoms with van der Waals surface area (Å²) in [6.07, 6.45) is 1.77. The van der Waals surface area contributed by atoms with E-state index in [-0.39, 0.29) is 18.4 Å². The quantitative estimate of drug-likeness (QED) is 0.468. The Morgan fingerprint density at radius 3 is 2.72 bits per heavy atom. The molecule has 9 heteroatoms. The number of halogens is 1. The summed E-state index contributed by atoms with van der Waals surface area (Å²) in [6.45, 7) is 6.05. The fourth-order valence-electron chi connectivity index (χ4n) is 3.21. The summed E-state index contributed by atoms with van der Waals surface area (Å²) < 4.78 is 15.0. The molecule has 0 aliphatic carbocycles. The highest BCUT2D eigenvalue weighted by molar-refractivity contribution is 5.96. The Labute approximate surface area is 184 Å². The van der Waals surface area contributed by atoms with Gasteiger partial charge < -0.3 is 5.32 Å². The zero-order chi connectivity index (χ0) is 22.7. The van der Waals surface area contributed by atoms with Crippen LogP contribution in [0.15, 0.2) is 54.7 Å². The lowest BCUT2D eigenvalue weighted by Gasteiger charge is -2.12. The molecule has 1 aromatic carbocycles. The lowest BCUT2D eigenvalue weighted by molar-refractivity contribution is 0.0950. The van der Waals surface area contributed by atoms with Gasteiger partial charge >= 0.3 is 0 Å². The van der Waals surface area contributed by atoms with Crippen molar-refractivity contribution in [3.8, 4) is 16.9 Å². The van der Waals surface area contributed by atoms with Crippen LogP contribution in [0.4, 0.5) is 4.39 Å². The summed E-state index contributed by atoms with van der Waals surface area (Å²) >= 11 is 0. The topological polar surface area (TPSA) is 98.5 Å². The van der Waals surface area contributed by atoms with E-state index in [2.05, 4.69) is 30.8 Å². The number of carbonyl (C=O) groups excluding carboxylic acids is 1. The number of pyridine rings is 2. The summed E-state index contributed by atoms with van der Waals surface area (Å²) in [7, 11) is 0. The maximum absolute atomic E-state index is 13.3. The van der Waals surface area contributed by atoms with E-state index in [1.165, 1.54) is 6.07 Å². The number of rotatable bonds is 6. The van der Waals surface area contributed by atoms with Gasteiger partial charge in [-0.2, -0.15) is 9.07 Å². The van der Waals surface area contributed by atoms with Gasteiger partial charge in [-0.05, 0) is 59.3 Å². The second-order valence-electron chi connectivity index (χ2n) is 7.73. The number of hydrogen-bond acceptors (Lipinski definition) is 6. The average Bonchev–Trinajstić information content (AvgIpc) is 3.28. The third-order valence-corrected chi connectivity index (χ3v) is 4.84. The number of hydrogen-bond donors (Lipinski definition) is 1. The highest BCUT2D eigenvalue weighted by Crippen LogP contribution is 2.25. The predicted octanol–water partition coefficient (Wildman–Crippen LogP) is 3.62. The minimum Gasteiger partial charge on any atom is -0.346 e. The van der Waals surface area contributed by atoms with E-state index in [9.17, 15) is 9.18 Å². The zero-order valence-electron chi connectivity index (χ0n) is 18.0. The van der Waals surface area contributed by atoms with E-state index in [1.807, 2.05) is 39.0 Å². The van der Waals surface area contributed by atoms with Crippen molar-refractivity contribution in [2.24, 2.45) is 0 Å². The van der Waals surface area contributed by atoms with Crippen molar-refractivity contribution in [2.75, 3.05) is 0 Å². The third-order valence-electron chi connectivity index (χ3n) is 4.84. The van der Waals surface area contributed by atoms with Crippen LogP contribution in [0.2, 0.25) is 0 Å². The third kappa shape index (κ3) is 4.66. The van der Waals surface area contributed by atoms with Gasteiger partial charge in [-0.1, -0.05) is 26.0 Å². The van der Waals surface area contributed by atoms with Crippen LogP contribution in [0.5, 0.6) is 0 Å². The monoisotopic (exact) mass is 431 g/mol. The maximum atomic E-state index is 13.3. The molecule has 4 rings (SSSR count). The first-order chi connectivity index (χ1) is 15.4. The smallest absolute Gasteiger partial charge is 0.251 e. The summed E-state index contributed by atoms with van der Waals surface area (Å²) in [5.74, 6) is -0.159. The molecule has 0 bridgehead atoms. The molecular weight excluding hydrogens is 409 g/mol. The van der Waals surface area contributed by atoms with Crippen molar-refractivity contribution in [2.45, 2.75) is 33.2 Å². The van der Waals surface area contributed by atoms with E-state index in [4.69, 9.17) is 0 Å². The Kier molecular flexibility index (Phi) is 5.98. The van der Waals surface area contributed by atoms with Crippen LogP contribution in [0.1, 0.15) is 47.2 Å². The first-order valence-corrected chi connectivity index (χ1v) is 10.2. The molecule has 0 aliphatic rings. The van der Waals surface area contributed by atoms with Gasteiger partial charge in [-0.15, -0.1) is 5.10 Å². The summed E-state index contributed by atoms with van der Waals surface area (Å²) in [5, 5.41) is 14.8. The highest BCUT2D eigenvalue weighted by atomic mass is 19.1. The van der Waals surface area contributed by atoms with Crippen LogP contribution in [0, 0.1) is 12.9 Å². The molecule has 3 aromatic heterocycles. The van der Waals surface area contributed by atoms with Gasteiger partial charge in [0.1, 0.15) is 0 Å². The molecule has 0 aliphatic heterocycles. The van der Waals surface area contributed by atoms with Crippen LogP contribution in [0.25, 0.3) is 16.9 Å². The van der Waals surface area contributed by atoms with Gasteiger partial charge in [0.15, 0.2) is 5.82 Å². The van der Waals surface area contributed by atoms with Crippen LogP contribution >= 0.6 is 0 Å². The van der Waals surface area contributed by atoms with Crippen LogP contribution in [-0.2, 0) is 6.54 Å². The zero-order valence-corrected chi connectivity index (χ0v) is 18.0. The number of nitrogens with one attached hydrogen (secondary N) is 1. The number of amides is 1. The van der Waals surface area contributed by atoms with Gasteiger partial charge in [0.05, 0.1) is 23.6 Å². The van der Waals surface area contributed by atoms with E-state index in [1.54, 1.807) is 35.1 Å². The first kappa shape index (κ1) is 21.2. The lowest BCUT2D eigenvalue weighted by atomic mass is 10.0. The van der Waals surface area contributed by atoms with Crippen molar-refractivity contribution in [1.29, 1.82) is 0 Å². The SMILES string of the molecule is Cc1ccc(-c2cc(C(=O)NCc3cccc(F)n3)cc(-n3nnnc3C(C)C)c2)nc1. The van der Waals surface area contributed by atoms with E-state index >= 15 is 0 Å². The Morgan fingerprint density at radius 1 is 1.16 bits per heavy atom. The Hall–Kier alpha value is -4.01. The van der Waals surface area contributed by atoms with Gasteiger partial charge in [-0.3, -0.25) is 9.78 Å². The van der Waals surface area contributed by atoms with Crippen molar-refractivity contribution in [1.82, 2.24) is 35.5 Å². The van der Waals surface area contributed by atoms with Crippen molar-refractivity contribution < 1.29 is 9.18 Å². The predicted molar refractivity (Wildman–Crippen MR) is 117 cm³/mol. The van der Waals surface area contributed by atoms with Crippen LogP contribution in [-0.4, -0.2) is 36.1 Å². The Bertz CT molecular complexity index is 1250. The molecule has 0 radical (unpaired) electrons. The van der Waals surface area contributed by atoms with E-state index in [0.29, 0.717) is 22.8 Å². The molecule has 1 amide bonds. The molecule has 3 heterocycles. The number of aryl methyl sites for hydroxylation is 1. The first-order valence-electron chi connectivity index (χ1n) is 10.2. The minimum atomic E-state index is -0.591. The number of carbonyl (C=O) groups is 1. The molecule has 1 N–H and O–H groups in total. The number of benzene rings is 1. The molecule has 32 heavy (non-hydrogen) atoms. The summed E-state index contributed by atoms with van der Waals surface area (Å²) in [5.41, 5.74) is 3.99. The van der Waals surface area contributed by atoms with Gasteiger partial charge in [0, 0.05) is 23.2 Å². The molecule has 8 nitrogen and oxygen atoms in total. The van der Waals surface area contributed by atoms with Crippen molar-refractivity contribution >= 4 is 5.91 Å². The standard InChI is InChI=1S/C23H22FN7O/c1-14(2)22-28-29-30-31(22)19-10-16(20-8-7-15(3)12-25-20)9-17(11-19)23(32)26-13-18-5-4-6-21(24)27-18/h4-12,14H,13H2,1-3H3,(H,26,32). The molecule has 0 unspecified atom stereocenters. The molecule has 0 saturated heterocycles. The van der Waals surface area contributed by atoms with Crippen LogP contribution in [0.3, 0.4) is 0 Å². The second kappa shape index (κ2) is 9.01. The summed E-state index contributed by atoms with van der Waals surface area (Å²) in [6, 6.07) is 13.7. The molecule has 162 valence electrons. The molecule has 0 spiro atoms. The van der Waals surface area contributed by atoms with E-state index in [0.717, 1.165) is 16.8 Å². The number of tetrazole rings is 1. The molecular formula is C23H22FN7O. The number of aromatic nitrogens is 6. The van der Waals surface area contributed by atoms with E-state index < -0.39 is 5.95 Å². The van der Waals surface area contributed by atoms with Gasteiger partial charge in [0.2, 0.25) is 5.95 Å². The largest absolute Gasteiger partial charge is 0.346 e. The van der Waals surface area contributed by atoms with Crippen molar-refractivity contribution in [3.05, 3.63) is 83.3 Å². The molecule has 0 atom stereocenters. The fraction of sp³-hybridized carbons (Fsp3) is 0.217. The highest BCUT2D eigenvalue weighted by Gasteiger charge is 2.16. The second-order valence-corrected chi connectivity index (χ2v) is 7.73. The average molecular weight is 431 g/mol. The van der Waals surface area contributed by atoms with Crippen molar-refractivity contribution in [3.63, 3.8) is 0 Å².